The van der Waals surface area contributed by atoms with E-state index >= 15 is 0 Å². The van der Waals surface area contributed by atoms with Gasteiger partial charge >= 0.3 is 0 Å². The van der Waals surface area contributed by atoms with Gasteiger partial charge in [0.2, 0.25) is 0 Å². The zero-order valence-corrected chi connectivity index (χ0v) is 9.17. The molecule has 1 aromatic rings. The Morgan fingerprint density at radius 3 is 2.40 bits per heavy atom. The number of rotatable bonds is 4. The molecule has 3 nitrogen and oxygen atoms in total. The summed E-state index contributed by atoms with van der Waals surface area (Å²) in [5.41, 5.74) is -0.0530. The summed E-state index contributed by atoms with van der Waals surface area (Å²) < 4.78 is 5.12. The number of benzene rings is 1. The Bertz CT molecular complexity index is 314. The van der Waals surface area contributed by atoms with E-state index in [-0.39, 0.29) is 17.8 Å². The predicted molar refractivity (Wildman–Crippen MR) is 59.2 cm³/mol. The second-order valence-electron chi connectivity index (χ2n) is 3.93. The molecule has 1 heterocycles. The Morgan fingerprint density at radius 2 is 1.93 bits per heavy atom. The number of ether oxygens (including phenoxy) is 1. The van der Waals surface area contributed by atoms with Crippen LogP contribution in [0.3, 0.4) is 0 Å². The van der Waals surface area contributed by atoms with Crippen LogP contribution in [-0.2, 0) is 4.74 Å². The Balaban J connectivity index is 1.90. The minimum atomic E-state index is -0.0530. The molecule has 0 spiro atoms. The molecule has 1 aliphatic heterocycles. The largest absolute Gasteiger partial charge is 0.508 e. The summed E-state index contributed by atoms with van der Waals surface area (Å²) in [5, 5.41) is 18.3. The molecule has 1 aliphatic rings. The van der Waals surface area contributed by atoms with Crippen molar-refractivity contribution in [1.82, 2.24) is 0 Å². The van der Waals surface area contributed by atoms with E-state index in [1.807, 2.05) is 12.1 Å². The molecule has 0 radical (unpaired) electrons. The van der Waals surface area contributed by atoms with E-state index in [9.17, 15) is 5.11 Å². The van der Waals surface area contributed by atoms with Crippen LogP contribution in [0.15, 0.2) is 29.2 Å². The fraction of sp³-hybridized carbons (Fsp3) is 0.455. The highest BCUT2D eigenvalue weighted by atomic mass is 32.2. The molecular weight excluding hydrogens is 212 g/mol. The van der Waals surface area contributed by atoms with Gasteiger partial charge in [0.15, 0.2) is 0 Å². The standard InChI is InChI=1S/C11H14O3S/c12-5-11(6-14-7-11)8-15-10-3-1-9(13)2-4-10/h1-4,12-13H,5-8H2. The summed E-state index contributed by atoms with van der Waals surface area (Å²) in [6.45, 7) is 1.47. The molecule has 2 N–H and O–H groups in total. The van der Waals surface area contributed by atoms with Crippen molar-refractivity contribution in [3.05, 3.63) is 24.3 Å². The van der Waals surface area contributed by atoms with Gasteiger partial charge in [-0.1, -0.05) is 0 Å². The molecule has 0 unspecified atom stereocenters. The summed E-state index contributed by atoms with van der Waals surface area (Å²) in [7, 11) is 0. The molecule has 4 heteroatoms. The van der Waals surface area contributed by atoms with Crippen LogP contribution in [0.2, 0.25) is 0 Å². The molecule has 0 aliphatic carbocycles. The number of thioether (sulfide) groups is 1. The normalized spacial score (nSPS) is 18.5. The minimum absolute atomic E-state index is 0.0530. The van der Waals surface area contributed by atoms with Gasteiger partial charge in [-0.15, -0.1) is 11.8 Å². The molecule has 1 saturated heterocycles. The third kappa shape index (κ3) is 2.45. The summed E-state index contributed by atoms with van der Waals surface area (Å²) in [4.78, 5) is 1.10. The van der Waals surface area contributed by atoms with Crippen molar-refractivity contribution in [3.8, 4) is 5.75 Å². The first kappa shape index (κ1) is 10.8. The number of aromatic hydroxyl groups is 1. The Kier molecular flexibility index (Phi) is 3.19. The number of hydrogen-bond donors (Lipinski definition) is 2. The number of aliphatic hydroxyl groups is 1. The first-order valence-corrected chi connectivity index (χ1v) is 5.83. The average Bonchev–Trinajstić information content (AvgIpc) is 2.20. The maximum Gasteiger partial charge on any atom is 0.115 e. The van der Waals surface area contributed by atoms with Crippen LogP contribution in [0.25, 0.3) is 0 Å². The highest BCUT2D eigenvalue weighted by Gasteiger charge is 2.37. The van der Waals surface area contributed by atoms with Gasteiger partial charge in [-0.3, -0.25) is 0 Å². The molecule has 2 rings (SSSR count). The van der Waals surface area contributed by atoms with Crippen molar-refractivity contribution in [2.45, 2.75) is 4.90 Å². The molecule has 1 aromatic carbocycles. The van der Waals surface area contributed by atoms with Gasteiger partial charge in [-0.2, -0.15) is 0 Å². The lowest BCUT2D eigenvalue weighted by molar-refractivity contribution is -0.121. The van der Waals surface area contributed by atoms with E-state index < -0.39 is 0 Å². The fourth-order valence-electron chi connectivity index (χ4n) is 1.39. The first-order chi connectivity index (χ1) is 7.24. The van der Waals surface area contributed by atoms with Gasteiger partial charge in [0.05, 0.1) is 19.8 Å². The van der Waals surface area contributed by atoms with Gasteiger partial charge in [0.1, 0.15) is 5.75 Å². The number of aliphatic hydroxyl groups excluding tert-OH is 1. The van der Waals surface area contributed by atoms with E-state index in [4.69, 9.17) is 9.84 Å². The monoisotopic (exact) mass is 226 g/mol. The van der Waals surface area contributed by atoms with Crippen molar-refractivity contribution in [2.24, 2.45) is 5.41 Å². The maximum atomic E-state index is 9.23. The lowest BCUT2D eigenvalue weighted by atomic mass is 9.90. The van der Waals surface area contributed by atoms with Crippen molar-refractivity contribution < 1.29 is 14.9 Å². The van der Waals surface area contributed by atoms with Gasteiger partial charge < -0.3 is 14.9 Å². The van der Waals surface area contributed by atoms with Crippen LogP contribution < -0.4 is 0 Å². The molecule has 0 amide bonds. The van der Waals surface area contributed by atoms with Crippen molar-refractivity contribution in [2.75, 3.05) is 25.6 Å². The third-order valence-corrected chi connectivity index (χ3v) is 3.90. The third-order valence-electron chi connectivity index (χ3n) is 2.53. The highest BCUT2D eigenvalue weighted by Crippen LogP contribution is 2.34. The Labute approximate surface area is 93.1 Å². The second-order valence-corrected chi connectivity index (χ2v) is 4.98. The van der Waals surface area contributed by atoms with Crippen LogP contribution in [0.1, 0.15) is 0 Å². The number of phenols is 1. The topological polar surface area (TPSA) is 49.7 Å². The van der Waals surface area contributed by atoms with Crippen molar-refractivity contribution >= 4 is 11.8 Å². The zero-order valence-electron chi connectivity index (χ0n) is 8.35. The molecule has 1 fully saturated rings. The average molecular weight is 226 g/mol. The van der Waals surface area contributed by atoms with E-state index in [1.54, 1.807) is 23.9 Å². The summed E-state index contributed by atoms with van der Waals surface area (Å²) in [5.74, 6) is 1.14. The molecule has 0 atom stereocenters. The molecule has 82 valence electrons. The Morgan fingerprint density at radius 1 is 1.27 bits per heavy atom. The highest BCUT2D eigenvalue weighted by molar-refractivity contribution is 7.99. The Hall–Kier alpha value is -0.710. The zero-order chi connectivity index (χ0) is 10.7. The number of hydrogen-bond acceptors (Lipinski definition) is 4. The van der Waals surface area contributed by atoms with E-state index in [1.165, 1.54) is 0 Å². The summed E-state index contributed by atoms with van der Waals surface area (Å²) >= 11 is 1.69. The second kappa shape index (κ2) is 4.43. The van der Waals surface area contributed by atoms with Crippen molar-refractivity contribution in [1.29, 1.82) is 0 Å². The first-order valence-electron chi connectivity index (χ1n) is 4.85. The quantitative estimate of drug-likeness (QED) is 0.764. The minimum Gasteiger partial charge on any atom is -0.508 e. The van der Waals surface area contributed by atoms with Gasteiger partial charge in [-0.05, 0) is 24.3 Å². The lowest BCUT2D eigenvalue weighted by Crippen LogP contribution is -2.47. The van der Waals surface area contributed by atoms with Crippen LogP contribution in [0, 0.1) is 5.41 Å². The fourth-order valence-corrected chi connectivity index (χ4v) is 2.45. The molecular formula is C11H14O3S. The maximum absolute atomic E-state index is 9.23. The van der Waals surface area contributed by atoms with E-state index in [0.29, 0.717) is 13.2 Å². The molecule has 0 saturated carbocycles. The van der Waals surface area contributed by atoms with E-state index in [0.717, 1.165) is 10.6 Å². The smallest absolute Gasteiger partial charge is 0.115 e. The lowest BCUT2D eigenvalue weighted by Gasteiger charge is -2.39. The van der Waals surface area contributed by atoms with E-state index in [2.05, 4.69) is 0 Å². The van der Waals surface area contributed by atoms with Crippen LogP contribution in [0.5, 0.6) is 5.75 Å². The molecule has 0 aromatic heterocycles. The van der Waals surface area contributed by atoms with Crippen molar-refractivity contribution in [3.63, 3.8) is 0 Å². The SMILES string of the molecule is OCC1(CSc2ccc(O)cc2)COC1. The van der Waals surface area contributed by atoms with Crippen LogP contribution in [0.4, 0.5) is 0 Å². The van der Waals surface area contributed by atoms with Crippen LogP contribution in [-0.4, -0.2) is 35.8 Å². The summed E-state index contributed by atoms with van der Waals surface area (Å²) in [6.07, 6.45) is 0. The molecule has 0 bridgehead atoms. The molecule has 15 heavy (non-hydrogen) atoms. The van der Waals surface area contributed by atoms with Gasteiger partial charge in [0.25, 0.3) is 0 Å². The van der Waals surface area contributed by atoms with Gasteiger partial charge in [0, 0.05) is 16.1 Å². The number of phenolic OH excluding ortho intramolecular Hbond substituents is 1. The predicted octanol–water partition coefficient (Wildman–Crippen LogP) is 1.49. The summed E-state index contributed by atoms with van der Waals surface area (Å²) in [6, 6.07) is 7.10. The van der Waals surface area contributed by atoms with Crippen LogP contribution >= 0.6 is 11.8 Å². The van der Waals surface area contributed by atoms with Gasteiger partial charge in [-0.25, -0.2) is 0 Å².